The summed E-state index contributed by atoms with van der Waals surface area (Å²) < 4.78 is 53.1. The Morgan fingerprint density at radius 3 is 2.66 bits per heavy atom. The number of hydrogen-bond acceptors (Lipinski definition) is 6. The van der Waals surface area contributed by atoms with Crippen molar-refractivity contribution in [3.05, 3.63) is 66.3 Å². The molecule has 1 aromatic carbocycles. The number of nitrogens with one attached hydrogen (secondary N) is 1. The van der Waals surface area contributed by atoms with E-state index in [0.29, 0.717) is 22.6 Å². The average Bonchev–Trinajstić information content (AvgIpc) is 3.29. The van der Waals surface area contributed by atoms with Crippen molar-refractivity contribution in [2.75, 3.05) is 11.6 Å². The van der Waals surface area contributed by atoms with Gasteiger partial charge in [-0.3, -0.25) is 0 Å². The van der Waals surface area contributed by atoms with Crippen LogP contribution in [0.15, 0.2) is 49.1 Å². The maximum absolute atomic E-state index is 14.0. The van der Waals surface area contributed by atoms with Gasteiger partial charge in [-0.25, -0.2) is 26.7 Å². The van der Waals surface area contributed by atoms with Crippen molar-refractivity contribution in [1.82, 2.24) is 23.8 Å². The highest BCUT2D eigenvalue weighted by Crippen LogP contribution is 2.26. The molecule has 150 valence electrons. The molecule has 0 unspecified atom stereocenters. The Kier molecular flexibility index (Phi) is 4.53. The van der Waals surface area contributed by atoms with E-state index in [1.54, 1.807) is 25.4 Å². The van der Waals surface area contributed by atoms with E-state index in [4.69, 9.17) is 0 Å². The summed E-state index contributed by atoms with van der Waals surface area (Å²) in [7, 11) is -3.51. The summed E-state index contributed by atoms with van der Waals surface area (Å²) in [5.41, 5.74) is 1.73. The highest BCUT2D eigenvalue weighted by Gasteiger charge is 2.16. The first kappa shape index (κ1) is 19.0. The Hall–Kier alpha value is -3.34. The molecule has 0 radical (unpaired) electrons. The van der Waals surface area contributed by atoms with Gasteiger partial charge in [0.15, 0.2) is 5.65 Å². The van der Waals surface area contributed by atoms with Crippen LogP contribution in [0.2, 0.25) is 0 Å². The minimum Gasteiger partial charge on any atom is -0.363 e. The van der Waals surface area contributed by atoms with Gasteiger partial charge in [-0.15, -0.1) is 0 Å². The van der Waals surface area contributed by atoms with Crippen molar-refractivity contribution in [2.45, 2.75) is 13.0 Å². The predicted octanol–water partition coefficient (Wildman–Crippen LogP) is 2.85. The van der Waals surface area contributed by atoms with Crippen molar-refractivity contribution in [2.24, 2.45) is 0 Å². The quantitative estimate of drug-likeness (QED) is 0.536. The van der Waals surface area contributed by atoms with Gasteiger partial charge in [0.2, 0.25) is 0 Å². The molecule has 0 aliphatic rings. The van der Waals surface area contributed by atoms with Crippen LogP contribution in [0.3, 0.4) is 0 Å². The second-order valence-corrected chi connectivity index (χ2v) is 8.38. The van der Waals surface area contributed by atoms with Crippen LogP contribution in [0, 0.1) is 11.6 Å². The number of hydrogen-bond donors (Lipinski definition) is 1. The third-order valence-corrected chi connectivity index (χ3v) is 5.25. The zero-order valence-electron chi connectivity index (χ0n) is 15.4. The van der Waals surface area contributed by atoms with Gasteiger partial charge in [-0.1, -0.05) is 0 Å². The molecule has 0 aliphatic carbocycles. The topological polar surface area (TPSA) is 94.2 Å². The molecule has 29 heavy (non-hydrogen) atoms. The highest BCUT2D eigenvalue weighted by atomic mass is 32.2. The molecule has 0 saturated heterocycles. The summed E-state index contributed by atoms with van der Waals surface area (Å²) in [4.78, 5) is 4.49. The minimum atomic E-state index is -3.51. The second-order valence-electron chi connectivity index (χ2n) is 6.54. The van der Waals surface area contributed by atoms with Gasteiger partial charge in [0.1, 0.15) is 17.5 Å². The fraction of sp³-hybridized carbons (Fsp3) is 0.167. The lowest BCUT2D eigenvalue weighted by Crippen LogP contribution is -2.10. The Morgan fingerprint density at radius 2 is 1.93 bits per heavy atom. The third-order valence-electron chi connectivity index (χ3n) is 4.37. The molecular weight excluding hydrogens is 402 g/mol. The normalized spacial score (nSPS) is 13.0. The summed E-state index contributed by atoms with van der Waals surface area (Å²) in [6, 6.07) is 4.38. The first-order valence-electron chi connectivity index (χ1n) is 8.54. The molecule has 0 amide bonds. The van der Waals surface area contributed by atoms with E-state index >= 15 is 0 Å². The lowest BCUT2D eigenvalue weighted by Gasteiger charge is -2.16. The summed E-state index contributed by atoms with van der Waals surface area (Å²) >= 11 is 0. The van der Waals surface area contributed by atoms with E-state index in [-0.39, 0.29) is 5.56 Å². The molecule has 1 N–H and O–H groups in total. The van der Waals surface area contributed by atoms with Gasteiger partial charge in [0.25, 0.3) is 10.0 Å². The molecular formula is C18H16F2N6O2S. The highest BCUT2D eigenvalue weighted by molar-refractivity contribution is 7.89. The Bertz CT molecular complexity index is 1320. The van der Waals surface area contributed by atoms with Gasteiger partial charge in [0.05, 0.1) is 30.9 Å². The molecule has 4 rings (SSSR count). The number of fused-ring (bicyclic) bond motifs is 1. The summed E-state index contributed by atoms with van der Waals surface area (Å²) in [5, 5.41) is 11.1. The number of benzene rings is 1. The molecule has 3 heterocycles. The van der Waals surface area contributed by atoms with Gasteiger partial charge in [0, 0.05) is 22.9 Å². The van der Waals surface area contributed by atoms with Crippen LogP contribution < -0.4 is 5.32 Å². The molecule has 11 heteroatoms. The molecule has 0 saturated carbocycles. The molecule has 4 aromatic rings. The summed E-state index contributed by atoms with van der Waals surface area (Å²) in [6.07, 6.45) is 7.03. The number of halogens is 2. The fourth-order valence-electron chi connectivity index (χ4n) is 2.92. The Labute approximate surface area is 164 Å². The standard InChI is InChI=1S/C18H16F2N6O2S/c1-11(14-7-13(19)3-4-16(14)20)23-17-5-6-25-18(24-17)15(9-21-25)12-8-22-26(10-12)29(2,27)28/h3-11H,1-2H3,(H,23,24)/t11-/m1/s1. The van der Waals surface area contributed by atoms with Crippen molar-refractivity contribution in [3.8, 4) is 11.1 Å². The van der Waals surface area contributed by atoms with E-state index in [1.807, 2.05) is 0 Å². The maximum Gasteiger partial charge on any atom is 0.250 e. The van der Waals surface area contributed by atoms with Crippen LogP contribution >= 0.6 is 0 Å². The molecule has 0 aliphatic heterocycles. The van der Waals surface area contributed by atoms with Crippen LogP contribution in [-0.2, 0) is 10.0 Å². The Morgan fingerprint density at radius 1 is 1.14 bits per heavy atom. The van der Waals surface area contributed by atoms with E-state index in [1.165, 1.54) is 16.9 Å². The van der Waals surface area contributed by atoms with E-state index in [0.717, 1.165) is 28.5 Å². The molecule has 0 bridgehead atoms. The molecule has 0 fully saturated rings. The van der Waals surface area contributed by atoms with E-state index in [2.05, 4.69) is 20.5 Å². The smallest absolute Gasteiger partial charge is 0.250 e. The molecule has 8 nitrogen and oxygen atoms in total. The van der Waals surface area contributed by atoms with Crippen molar-refractivity contribution in [3.63, 3.8) is 0 Å². The van der Waals surface area contributed by atoms with Crippen molar-refractivity contribution in [1.29, 1.82) is 0 Å². The molecule has 3 aromatic heterocycles. The van der Waals surface area contributed by atoms with Crippen LogP contribution in [0.5, 0.6) is 0 Å². The van der Waals surface area contributed by atoms with Crippen LogP contribution in [0.4, 0.5) is 14.6 Å². The lowest BCUT2D eigenvalue weighted by molar-refractivity contribution is 0.577. The Balaban J connectivity index is 1.68. The number of nitrogens with zero attached hydrogens (tertiary/aromatic N) is 5. The van der Waals surface area contributed by atoms with Crippen LogP contribution in [0.1, 0.15) is 18.5 Å². The van der Waals surface area contributed by atoms with Crippen molar-refractivity contribution < 1.29 is 17.2 Å². The first-order valence-corrected chi connectivity index (χ1v) is 10.4. The summed E-state index contributed by atoms with van der Waals surface area (Å²) in [5.74, 6) is -0.629. The van der Waals surface area contributed by atoms with Gasteiger partial charge in [-0.05, 0) is 31.2 Å². The van der Waals surface area contributed by atoms with Crippen LogP contribution in [0.25, 0.3) is 16.8 Å². The van der Waals surface area contributed by atoms with Crippen molar-refractivity contribution >= 4 is 21.5 Å². The van der Waals surface area contributed by atoms with Gasteiger partial charge < -0.3 is 5.32 Å². The zero-order chi connectivity index (χ0) is 20.8. The molecule has 0 spiro atoms. The number of rotatable bonds is 5. The summed E-state index contributed by atoms with van der Waals surface area (Å²) in [6.45, 7) is 1.69. The largest absolute Gasteiger partial charge is 0.363 e. The van der Waals surface area contributed by atoms with E-state index in [9.17, 15) is 17.2 Å². The third kappa shape index (κ3) is 3.68. The number of aromatic nitrogens is 5. The van der Waals surface area contributed by atoms with Gasteiger partial charge >= 0.3 is 0 Å². The minimum absolute atomic E-state index is 0.176. The van der Waals surface area contributed by atoms with Gasteiger partial charge in [-0.2, -0.15) is 14.3 Å². The monoisotopic (exact) mass is 418 g/mol. The lowest BCUT2D eigenvalue weighted by atomic mass is 10.1. The second kappa shape index (κ2) is 6.92. The zero-order valence-corrected chi connectivity index (χ0v) is 16.2. The van der Waals surface area contributed by atoms with E-state index < -0.39 is 27.7 Å². The maximum atomic E-state index is 14.0. The average molecular weight is 418 g/mol. The predicted molar refractivity (Wildman–Crippen MR) is 103 cm³/mol. The number of anilines is 1. The first-order chi connectivity index (χ1) is 13.7. The molecule has 1 atom stereocenters. The fourth-order valence-corrected chi connectivity index (χ4v) is 3.45. The SMILES string of the molecule is C[C@@H](Nc1ccn2ncc(-c3cnn(S(C)(=O)=O)c3)c2n1)c1cc(F)ccc1F. The van der Waals surface area contributed by atoms with Crippen LogP contribution in [-0.4, -0.2) is 38.5 Å².